The van der Waals surface area contributed by atoms with E-state index in [-0.39, 0.29) is 18.7 Å². The number of β-lactam (4-membered cyclic amide) rings is 1. The van der Waals surface area contributed by atoms with Crippen LogP contribution in [0, 0.1) is 6.92 Å². The number of rotatable bonds is 5. The minimum Gasteiger partial charge on any atom is -0.478 e. The lowest BCUT2D eigenvalue weighted by molar-refractivity contribution is -0.165. The largest absolute Gasteiger partial charge is 0.478 e. The highest BCUT2D eigenvalue weighted by molar-refractivity contribution is 6.30. The average molecular weight is 422 g/mol. The summed E-state index contributed by atoms with van der Waals surface area (Å²) in [5.41, 5.74) is 2.95. The number of nitrogens with zero attached hydrogens (tertiary/aromatic N) is 1. The van der Waals surface area contributed by atoms with Crippen LogP contribution in [0.5, 0.6) is 17.2 Å². The lowest BCUT2D eigenvalue weighted by Crippen LogP contribution is -2.60. The molecular weight excluding hydrogens is 402 g/mol. The number of carbonyl (C=O) groups is 1. The van der Waals surface area contributed by atoms with Crippen molar-refractivity contribution >= 4 is 17.5 Å². The van der Waals surface area contributed by atoms with Crippen molar-refractivity contribution in [1.82, 2.24) is 4.90 Å². The van der Waals surface area contributed by atoms with Gasteiger partial charge in [-0.25, -0.2) is 0 Å². The first-order valence-electron chi connectivity index (χ1n) is 9.77. The maximum absolute atomic E-state index is 13.1. The van der Waals surface area contributed by atoms with Gasteiger partial charge in [-0.3, -0.25) is 4.79 Å². The number of halogens is 1. The van der Waals surface area contributed by atoms with Gasteiger partial charge in [-0.2, -0.15) is 0 Å². The van der Waals surface area contributed by atoms with E-state index in [1.165, 1.54) is 0 Å². The van der Waals surface area contributed by atoms with Crippen molar-refractivity contribution in [1.29, 1.82) is 0 Å². The predicted octanol–water partition coefficient (Wildman–Crippen LogP) is 4.91. The van der Waals surface area contributed by atoms with Gasteiger partial charge in [-0.05, 0) is 53.9 Å². The van der Waals surface area contributed by atoms with E-state index in [0.717, 1.165) is 16.7 Å². The highest BCUT2D eigenvalue weighted by atomic mass is 35.5. The normalized spacial score (nSPS) is 19.5. The SMILES string of the molecule is Cc1ccccc1O[C@H]1C(=O)N(Cc2ccc(Cl)cc2)[C@@H]1c1ccc2c(c1)OCO2. The number of carbonyl (C=O) groups excluding carboxylic acids is 1. The number of para-hydroxylation sites is 1. The summed E-state index contributed by atoms with van der Waals surface area (Å²) in [5.74, 6) is 2.07. The molecular formula is C24H20ClNO4. The summed E-state index contributed by atoms with van der Waals surface area (Å²) in [6.45, 7) is 2.66. The van der Waals surface area contributed by atoms with Crippen LogP contribution in [0.3, 0.4) is 0 Å². The van der Waals surface area contributed by atoms with Crippen LogP contribution in [0.25, 0.3) is 0 Å². The van der Waals surface area contributed by atoms with Gasteiger partial charge in [-0.1, -0.05) is 48.0 Å². The quantitative estimate of drug-likeness (QED) is 0.549. The van der Waals surface area contributed by atoms with E-state index in [0.29, 0.717) is 28.8 Å². The van der Waals surface area contributed by atoms with E-state index in [2.05, 4.69) is 0 Å². The van der Waals surface area contributed by atoms with Crippen molar-refractivity contribution in [3.63, 3.8) is 0 Å². The van der Waals surface area contributed by atoms with Crippen LogP contribution in [0.15, 0.2) is 66.7 Å². The number of ether oxygens (including phenoxy) is 3. The Kier molecular flexibility index (Phi) is 4.75. The lowest BCUT2D eigenvalue weighted by Gasteiger charge is -2.47. The van der Waals surface area contributed by atoms with E-state index in [1.807, 2.05) is 78.6 Å². The van der Waals surface area contributed by atoms with Crippen molar-refractivity contribution < 1.29 is 19.0 Å². The monoisotopic (exact) mass is 421 g/mol. The summed E-state index contributed by atoms with van der Waals surface area (Å²) in [6.07, 6.45) is -0.598. The second-order valence-corrected chi connectivity index (χ2v) is 7.89. The van der Waals surface area contributed by atoms with Crippen molar-refractivity contribution in [3.05, 3.63) is 88.4 Å². The van der Waals surface area contributed by atoms with E-state index >= 15 is 0 Å². The van der Waals surface area contributed by atoms with Gasteiger partial charge in [0.15, 0.2) is 11.5 Å². The van der Waals surface area contributed by atoms with Gasteiger partial charge in [0.25, 0.3) is 5.91 Å². The van der Waals surface area contributed by atoms with Crippen LogP contribution in [0.4, 0.5) is 0 Å². The number of hydrogen-bond donors (Lipinski definition) is 0. The summed E-state index contributed by atoms with van der Waals surface area (Å²) in [4.78, 5) is 14.9. The molecule has 1 saturated heterocycles. The molecule has 1 amide bonds. The third kappa shape index (κ3) is 3.35. The zero-order chi connectivity index (χ0) is 20.7. The third-order valence-corrected chi connectivity index (χ3v) is 5.75. The molecule has 0 N–H and O–H groups in total. The Morgan fingerprint density at radius 1 is 1.03 bits per heavy atom. The average Bonchev–Trinajstić information content (AvgIpc) is 3.23. The minimum atomic E-state index is -0.598. The first-order chi connectivity index (χ1) is 14.6. The molecule has 0 bridgehead atoms. The molecule has 152 valence electrons. The zero-order valence-corrected chi connectivity index (χ0v) is 17.1. The summed E-state index contributed by atoms with van der Waals surface area (Å²) in [5, 5.41) is 0.668. The Morgan fingerprint density at radius 2 is 1.80 bits per heavy atom. The Labute approximate surface area is 179 Å². The van der Waals surface area contributed by atoms with E-state index in [1.54, 1.807) is 0 Å². The molecule has 0 unspecified atom stereocenters. The maximum Gasteiger partial charge on any atom is 0.267 e. The van der Waals surface area contributed by atoms with Crippen LogP contribution >= 0.6 is 11.6 Å². The molecule has 2 atom stereocenters. The summed E-state index contributed by atoms with van der Waals surface area (Å²) in [7, 11) is 0. The van der Waals surface area contributed by atoms with Crippen molar-refractivity contribution in [2.75, 3.05) is 6.79 Å². The standard InChI is InChI=1S/C24H20ClNO4/c1-15-4-2-3-5-19(15)30-23-22(17-8-11-20-21(12-17)29-14-28-20)26(24(23)27)13-16-6-9-18(25)10-7-16/h2-12,22-23H,13-14H2,1H3/t22-,23-/m1/s1. The molecule has 0 saturated carbocycles. The molecule has 5 rings (SSSR count). The molecule has 2 aliphatic heterocycles. The highest BCUT2D eigenvalue weighted by Crippen LogP contribution is 2.43. The molecule has 0 radical (unpaired) electrons. The second-order valence-electron chi connectivity index (χ2n) is 7.45. The second kappa shape index (κ2) is 7.58. The number of amides is 1. The molecule has 6 heteroatoms. The van der Waals surface area contributed by atoms with Crippen LogP contribution in [-0.2, 0) is 11.3 Å². The van der Waals surface area contributed by atoms with Crippen molar-refractivity contribution in [2.24, 2.45) is 0 Å². The molecule has 3 aromatic carbocycles. The molecule has 30 heavy (non-hydrogen) atoms. The molecule has 2 aliphatic rings. The van der Waals surface area contributed by atoms with Crippen LogP contribution < -0.4 is 14.2 Å². The van der Waals surface area contributed by atoms with Gasteiger partial charge in [-0.15, -0.1) is 0 Å². The summed E-state index contributed by atoms with van der Waals surface area (Å²) in [6, 6.07) is 20.8. The van der Waals surface area contributed by atoms with Gasteiger partial charge in [0.05, 0.1) is 0 Å². The number of benzene rings is 3. The van der Waals surface area contributed by atoms with E-state index in [9.17, 15) is 4.79 Å². The van der Waals surface area contributed by atoms with Gasteiger partial charge < -0.3 is 19.1 Å². The summed E-state index contributed by atoms with van der Waals surface area (Å²) >= 11 is 6.01. The first-order valence-corrected chi connectivity index (χ1v) is 10.1. The molecule has 0 aliphatic carbocycles. The molecule has 2 heterocycles. The van der Waals surface area contributed by atoms with Crippen molar-refractivity contribution in [2.45, 2.75) is 25.6 Å². The fourth-order valence-electron chi connectivity index (χ4n) is 3.87. The Hall–Kier alpha value is -3.18. The van der Waals surface area contributed by atoms with Gasteiger partial charge in [0.2, 0.25) is 12.9 Å². The number of likely N-dealkylation sites (tertiary alicyclic amines) is 1. The third-order valence-electron chi connectivity index (χ3n) is 5.50. The zero-order valence-electron chi connectivity index (χ0n) is 16.4. The number of hydrogen-bond acceptors (Lipinski definition) is 4. The Bertz CT molecular complexity index is 1100. The fraction of sp³-hybridized carbons (Fsp3) is 0.208. The maximum atomic E-state index is 13.1. The molecule has 1 fully saturated rings. The van der Waals surface area contributed by atoms with Crippen LogP contribution in [0.2, 0.25) is 5.02 Å². The van der Waals surface area contributed by atoms with Crippen LogP contribution in [-0.4, -0.2) is 23.7 Å². The molecule has 0 aromatic heterocycles. The highest BCUT2D eigenvalue weighted by Gasteiger charge is 2.50. The summed E-state index contributed by atoms with van der Waals surface area (Å²) < 4.78 is 17.2. The van der Waals surface area contributed by atoms with Gasteiger partial charge >= 0.3 is 0 Å². The smallest absolute Gasteiger partial charge is 0.267 e. The molecule has 5 nitrogen and oxygen atoms in total. The fourth-order valence-corrected chi connectivity index (χ4v) is 4.00. The number of aryl methyl sites for hydroxylation is 1. The van der Waals surface area contributed by atoms with E-state index in [4.69, 9.17) is 25.8 Å². The van der Waals surface area contributed by atoms with Crippen molar-refractivity contribution in [3.8, 4) is 17.2 Å². The van der Waals surface area contributed by atoms with Gasteiger partial charge in [0.1, 0.15) is 11.8 Å². The van der Waals surface area contributed by atoms with Gasteiger partial charge in [0, 0.05) is 11.6 Å². The predicted molar refractivity (Wildman–Crippen MR) is 113 cm³/mol. The topological polar surface area (TPSA) is 48.0 Å². The van der Waals surface area contributed by atoms with E-state index < -0.39 is 6.10 Å². The Morgan fingerprint density at radius 3 is 2.60 bits per heavy atom. The molecule has 3 aromatic rings. The lowest BCUT2D eigenvalue weighted by atomic mass is 9.89. The first kappa shape index (κ1) is 18.8. The number of fused-ring (bicyclic) bond motifs is 1. The minimum absolute atomic E-state index is 0.0455. The Balaban J connectivity index is 1.46. The molecule has 0 spiro atoms. The van der Waals surface area contributed by atoms with Crippen LogP contribution in [0.1, 0.15) is 22.7 Å².